The Hall–Kier alpha value is -4.24. The number of carbonyl (C=O) groups excluding carboxylic acids is 3. The Morgan fingerprint density at radius 3 is 2.61 bits per heavy atom. The van der Waals surface area contributed by atoms with Crippen LogP contribution in [0.5, 0.6) is 0 Å². The highest BCUT2D eigenvalue weighted by molar-refractivity contribution is 5.92. The van der Waals surface area contributed by atoms with Crippen LogP contribution in [0, 0.1) is 6.92 Å². The zero-order valence-corrected chi connectivity index (χ0v) is 20.1. The number of nitrogens with zero attached hydrogens (tertiary/aromatic N) is 2. The number of carbonyl (C=O) groups is 3. The standard InChI is InChI=1S/C27H28N4O5/c1-18-8-10-19(11-9-18)16-31-24(26(33)29-15-20-5-4-12-28-14-20)25(36-27(31)34)21-6-3-7-22(13-21)30-23(32)17-35-2/h3-14,24-25H,15-17H2,1-2H3,(H,29,33)(H,30,32). The van der Waals surface area contributed by atoms with Gasteiger partial charge in [-0.25, -0.2) is 4.79 Å². The Labute approximate surface area is 209 Å². The highest BCUT2D eigenvalue weighted by atomic mass is 16.6. The number of benzene rings is 2. The van der Waals surface area contributed by atoms with Crippen LogP contribution in [-0.4, -0.2) is 47.6 Å². The molecule has 3 aromatic rings. The molecule has 2 heterocycles. The first-order chi connectivity index (χ1) is 17.4. The second kappa shape index (κ2) is 11.5. The van der Waals surface area contributed by atoms with E-state index in [1.165, 1.54) is 12.0 Å². The number of cyclic esters (lactones) is 1. The van der Waals surface area contributed by atoms with Gasteiger partial charge in [-0.3, -0.25) is 19.5 Å². The predicted molar refractivity (Wildman–Crippen MR) is 133 cm³/mol. The van der Waals surface area contributed by atoms with Crippen molar-refractivity contribution in [3.05, 3.63) is 95.3 Å². The zero-order valence-electron chi connectivity index (χ0n) is 20.1. The first-order valence-electron chi connectivity index (χ1n) is 11.5. The second-order valence-corrected chi connectivity index (χ2v) is 8.55. The number of hydrogen-bond donors (Lipinski definition) is 2. The van der Waals surface area contributed by atoms with Crippen LogP contribution in [0.15, 0.2) is 73.1 Å². The summed E-state index contributed by atoms with van der Waals surface area (Å²) in [6, 6.07) is 17.4. The molecule has 2 aromatic carbocycles. The molecule has 1 aliphatic rings. The molecule has 2 atom stereocenters. The van der Waals surface area contributed by atoms with E-state index in [1.54, 1.807) is 42.7 Å². The van der Waals surface area contributed by atoms with E-state index in [9.17, 15) is 14.4 Å². The lowest BCUT2D eigenvalue weighted by molar-refractivity contribution is -0.126. The summed E-state index contributed by atoms with van der Waals surface area (Å²) in [6.45, 7) is 2.36. The third-order valence-corrected chi connectivity index (χ3v) is 5.79. The Balaban J connectivity index is 1.60. The third kappa shape index (κ3) is 6.05. The number of ether oxygens (including phenoxy) is 2. The summed E-state index contributed by atoms with van der Waals surface area (Å²) in [5.41, 5.74) is 3.91. The number of anilines is 1. The number of methoxy groups -OCH3 is 1. The van der Waals surface area contributed by atoms with E-state index in [0.29, 0.717) is 11.3 Å². The topological polar surface area (TPSA) is 110 Å². The molecule has 0 radical (unpaired) electrons. The summed E-state index contributed by atoms with van der Waals surface area (Å²) in [7, 11) is 1.44. The number of aryl methyl sites for hydroxylation is 1. The molecule has 0 aliphatic carbocycles. The first-order valence-corrected chi connectivity index (χ1v) is 11.5. The van der Waals surface area contributed by atoms with Crippen molar-refractivity contribution >= 4 is 23.6 Å². The molecular formula is C27H28N4O5. The van der Waals surface area contributed by atoms with Gasteiger partial charge in [0.2, 0.25) is 11.8 Å². The van der Waals surface area contributed by atoms with Crippen molar-refractivity contribution in [2.45, 2.75) is 32.2 Å². The van der Waals surface area contributed by atoms with E-state index >= 15 is 0 Å². The van der Waals surface area contributed by atoms with Gasteiger partial charge in [0, 0.05) is 31.7 Å². The van der Waals surface area contributed by atoms with Crippen LogP contribution >= 0.6 is 0 Å². The molecular weight excluding hydrogens is 460 g/mol. The van der Waals surface area contributed by atoms with Crippen LogP contribution in [0.3, 0.4) is 0 Å². The van der Waals surface area contributed by atoms with Gasteiger partial charge in [0.1, 0.15) is 6.61 Å². The van der Waals surface area contributed by atoms with Crippen LogP contribution in [0.25, 0.3) is 0 Å². The van der Waals surface area contributed by atoms with Crippen molar-refractivity contribution in [2.24, 2.45) is 0 Å². The second-order valence-electron chi connectivity index (χ2n) is 8.55. The maximum atomic E-state index is 13.5. The fourth-order valence-corrected chi connectivity index (χ4v) is 4.02. The van der Waals surface area contributed by atoms with Crippen LogP contribution < -0.4 is 10.6 Å². The molecule has 1 fully saturated rings. The van der Waals surface area contributed by atoms with Crippen molar-refractivity contribution in [2.75, 3.05) is 19.0 Å². The summed E-state index contributed by atoms with van der Waals surface area (Å²) in [5, 5.41) is 5.65. The number of aromatic nitrogens is 1. The third-order valence-electron chi connectivity index (χ3n) is 5.79. The van der Waals surface area contributed by atoms with Crippen molar-refractivity contribution in [3.8, 4) is 0 Å². The molecule has 9 nitrogen and oxygen atoms in total. The van der Waals surface area contributed by atoms with Crippen molar-refractivity contribution in [1.29, 1.82) is 0 Å². The Morgan fingerprint density at radius 2 is 1.89 bits per heavy atom. The summed E-state index contributed by atoms with van der Waals surface area (Å²) in [5.74, 6) is -0.666. The van der Waals surface area contributed by atoms with Crippen molar-refractivity contribution in [3.63, 3.8) is 0 Å². The minimum absolute atomic E-state index is 0.0909. The smallest absolute Gasteiger partial charge is 0.411 e. The fourth-order valence-electron chi connectivity index (χ4n) is 4.02. The van der Waals surface area contributed by atoms with Gasteiger partial charge >= 0.3 is 6.09 Å². The molecule has 36 heavy (non-hydrogen) atoms. The molecule has 0 saturated carbocycles. The van der Waals surface area contributed by atoms with Gasteiger partial charge in [-0.2, -0.15) is 0 Å². The van der Waals surface area contributed by atoms with Crippen LogP contribution in [0.4, 0.5) is 10.5 Å². The molecule has 0 spiro atoms. The molecule has 186 valence electrons. The maximum absolute atomic E-state index is 13.5. The van der Waals surface area contributed by atoms with Crippen LogP contribution in [0.1, 0.15) is 28.4 Å². The minimum Gasteiger partial charge on any atom is -0.438 e. The van der Waals surface area contributed by atoms with E-state index in [0.717, 1.165) is 16.7 Å². The van der Waals surface area contributed by atoms with Crippen LogP contribution in [0.2, 0.25) is 0 Å². The number of pyridine rings is 1. The number of rotatable bonds is 9. The van der Waals surface area contributed by atoms with Crippen molar-refractivity contribution < 1.29 is 23.9 Å². The maximum Gasteiger partial charge on any atom is 0.411 e. The average Bonchev–Trinajstić information content (AvgIpc) is 3.20. The van der Waals surface area contributed by atoms with Gasteiger partial charge in [-0.05, 0) is 41.8 Å². The van der Waals surface area contributed by atoms with E-state index in [1.807, 2.05) is 37.3 Å². The van der Waals surface area contributed by atoms with Gasteiger partial charge in [0.15, 0.2) is 12.1 Å². The molecule has 2 unspecified atom stereocenters. The van der Waals surface area contributed by atoms with Crippen molar-refractivity contribution in [1.82, 2.24) is 15.2 Å². The SMILES string of the molecule is COCC(=O)Nc1cccc(C2OC(=O)N(Cc3ccc(C)cc3)C2C(=O)NCc2cccnc2)c1. The predicted octanol–water partition coefficient (Wildman–Crippen LogP) is 3.35. The molecule has 3 amide bonds. The Bertz CT molecular complexity index is 1220. The van der Waals surface area contributed by atoms with Gasteiger partial charge in [0.25, 0.3) is 0 Å². The summed E-state index contributed by atoms with van der Waals surface area (Å²) >= 11 is 0. The summed E-state index contributed by atoms with van der Waals surface area (Å²) in [6.07, 6.45) is 1.88. The fraction of sp³-hybridized carbons (Fsp3) is 0.259. The lowest BCUT2D eigenvalue weighted by Crippen LogP contribution is -2.46. The highest BCUT2D eigenvalue weighted by Gasteiger charge is 2.47. The molecule has 1 saturated heterocycles. The normalized spacial score (nSPS) is 16.9. The van der Waals surface area contributed by atoms with Crippen LogP contribution in [-0.2, 0) is 32.2 Å². The minimum atomic E-state index is -0.916. The summed E-state index contributed by atoms with van der Waals surface area (Å²) in [4.78, 5) is 43.9. The number of amides is 3. The molecule has 9 heteroatoms. The molecule has 1 aliphatic heterocycles. The van der Waals surface area contributed by atoms with Gasteiger partial charge in [-0.15, -0.1) is 0 Å². The first kappa shape index (κ1) is 24.9. The number of nitrogens with one attached hydrogen (secondary N) is 2. The zero-order chi connectivity index (χ0) is 25.5. The highest BCUT2D eigenvalue weighted by Crippen LogP contribution is 2.35. The average molecular weight is 489 g/mol. The number of hydrogen-bond acceptors (Lipinski definition) is 6. The van der Waals surface area contributed by atoms with E-state index < -0.39 is 18.2 Å². The van der Waals surface area contributed by atoms with Gasteiger partial charge in [0.05, 0.1) is 6.54 Å². The quantitative estimate of drug-likeness (QED) is 0.478. The Kier molecular flexibility index (Phi) is 7.92. The molecule has 4 rings (SSSR count). The largest absolute Gasteiger partial charge is 0.438 e. The summed E-state index contributed by atoms with van der Waals surface area (Å²) < 4.78 is 10.6. The lowest BCUT2D eigenvalue weighted by Gasteiger charge is -2.24. The monoisotopic (exact) mass is 488 g/mol. The van der Waals surface area contributed by atoms with E-state index in [-0.39, 0.29) is 31.5 Å². The molecule has 2 N–H and O–H groups in total. The lowest BCUT2D eigenvalue weighted by atomic mass is 10.00. The van der Waals surface area contributed by atoms with Gasteiger partial charge in [-0.1, -0.05) is 48.0 Å². The van der Waals surface area contributed by atoms with E-state index in [4.69, 9.17) is 9.47 Å². The molecule has 1 aromatic heterocycles. The molecule has 0 bridgehead atoms. The van der Waals surface area contributed by atoms with Gasteiger partial charge < -0.3 is 20.1 Å². The van der Waals surface area contributed by atoms with E-state index in [2.05, 4.69) is 15.6 Å². The Morgan fingerprint density at radius 1 is 1.08 bits per heavy atom.